The molecule has 0 saturated heterocycles. The van der Waals surface area contributed by atoms with Gasteiger partial charge in [-0.3, -0.25) is 0 Å². The van der Waals surface area contributed by atoms with E-state index in [1.165, 1.54) is 11.1 Å². The van der Waals surface area contributed by atoms with Gasteiger partial charge in [0.15, 0.2) is 0 Å². The van der Waals surface area contributed by atoms with E-state index in [0.717, 1.165) is 25.1 Å². The second-order valence-corrected chi connectivity index (χ2v) is 5.43. The Morgan fingerprint density at radius 1 is 1.05 bits per heavy atom. The first-order chi connectivity index (χ1) is 9.66. The van der Waals surface area contributed by atoms with E-state index in [0.29, 0.717) is 4.99 Å². The average Bonchev–Trinajstić information content (AvgIpc) is 2.46. The zero-order chi connectivity index (χ0) is 14.4. The molecule has 2 rings (SSSR count). The third-order valence-corrected chi connectivity index (χ3v) is 3.57. The molecule has 0 fully saturated rings. The fraction of sp³-hybridized carbons (Fsp3) is 0.235. The van der Waals surface area contributed by atoms with Gasteiger partial charge in [-0.1, -0.05) is 66.8 Å². The third kappa shape index (κ3) is 4.15. The maximum Gasteiger partial charge on any atom is 0.104 e. The van der Waals surface area contributed by atoms with Crippen LogP contribution < -0.4 is 5.73 Å². The van der Waals surface area contributed by atoms with Gasteiger partial charge in [-0.15, -0.1) is 0 Å². The van der Waals surface area contributed by atoms with Crippen molar-refractivity contribution in [2.75, 3.05) is 13.6 Å². The Morgan fingerprint density at radius 2 is 1.70 bits per heavy atom. The first-order valence-electron chi connectivity index (χ1n) is 6.77. The van der Waals surface area contributed by atoms with E-state index in [2.05, 4.69) is 42.3 Å². The van der Waals surface area contributed by atoms with Crippen LogP contribution in [0.5, 0.6) is 0 Å². The van der Waals surface area contributed by atoms with Gasteiger partial charge in [0.05, 0.1) is 0 Å². The second kappa shape index (κ2) is 7.17. The summed E-state index contributed by atoms with van der Waals surface area (Å²) in [6.07, 6.45) is 1.05. The van der Waals surface area contributed by atoms with Gasteiger partial charge in [-0.2, -0.15) is 0 Å². The van der Waals surface area contributed by atoms with Crippen molar-refractivity contribution in [2.45, 2.75) is 13.0 Å². The number of benzene rings is 2. The third-order valence-electron chi connectivity index (χ3n) is 3.35. The van der Waals surface area contributed by atoms with Crippen molar-refractivity contribution >= 4 is 17.2 Å². The number of nitrogens with zero attached hydrogens (tertiary/aromatic N) is 1. The lowest BCUT2D eigenvalue weighted by molar-refractivity contribution is 0.331. The molecule has 0 unspecified atom stereocenters. The van der Waals surface area contributed by atoms with Crippen molar-refractivity contribution < 1.29 is 0 Å². The summed E-state index contributed by atoms with van der Waals surface area (Å²) in [5.74, 6) is 0. The molecular formula is C17H20N2S. The molecule has 0 aliphatic heterocycles. The standard InChI is InChI=1S/C17H20N2S/c1-19(12-11-14-7-3-2-4-8-14)13-15-9-5-6-10-16(15)17(18)20/h2-10H,11-13H2,1H3,(H2,18,20). The molecule has 0 aliphatic rings. The zero-order valence-corrected chi connectivity index (χ0v) is 12.6. The molecule has 0 saturated carbocycles. The summed E-state index contributed by atoms with van der Waals surface area (Å²) in [5.41, 5.74) is 9.30. The molecule has 2 aromatic rings. The topological polar surface area (TPSA) is 29.3 Å². The van der Waals surface area contributed by atoms with Gasteiger partial charge in [0.1, 0.15) is 4.99 Å². The van der Waals surface area contributed by atoms with Gasteiger partial charge >= 0.3 is 0 Å². The van der Waals surface area contributed by atoms with E-state index in [-0.39, 0.29) is 0 Å². The summed E-state index contributed by atoms with van der Waals surface area (Å²) in [7, 11) is 2.12. The Labute approximate surface area is 126 Å². The van der Waals surface area contributed by atoms with Crippen LogP contribution in [0.1, 0.15) is 16.7 Å². The van der Waals surface area contributed by atoms with Crippen LogP contribution >= 0.6 is 12.2 Å². The smallest absolute Gasteiger partial charge is 0.104 e. The number of hydrogen-bond acceptors (Lipinski definition) is 2. The van der Waals surface area contributed by atoms with Crippen molar-refractivity contribution in [3.8, 4) is 0 Å². The maximum atomic E-state index is 5.77. The Morgan fingerprint density at radius 3 is 2.40 bits per heavy atom. The predicted molar refractivity (Wildman–Crippen MR) is 88.8 cm³/mol. The van der Waals surface area contributed by atoms with Gasteiger partial charge < -0.3 is 10.6 Å². The summed E-state index contributed by atoms with van der Waals surface area (Å²) in [4.78, 5) is 2.77. The van der Waals surface area contributed by atoms with Crippen molar-refractivity contribution in [2.24, 2.45) is 5.73 Å². The van der Waals surface area contributed by atoms with Crippen molar-refractivity contribution in [1.82, 2.24) is 4.90 Å². The molecule has 0 bridgehead atoms. The normalized spacial score (nSPS) is 10.7. The van der Waals surface area contributed by atoms with Crippen LogP contribution in [-0.4, -0.2) is 23.5 Å². The first kappa shape index (κ1) is 14.7. The molecule has 2 N–H and O–H groups in total. The minimum absolute atomic E-state index is 0.469. The summed E-state index contributed by atoms with van der Waals surface area (Å²) >= 11 is 5.10. The lowest BCUT2D eigenvalue weighted by atomic mass is 10.1. The van der Waals surface area contributed by atoms with E-state index in [1.807, 2.05) is 24.3 Å². The molecule has 0 aliphatic carbocycles. The minimum Gasteiger partial charge on any atom is -0.389 e. The predicted octanol–water partition coefficient (Wildman–Crippen LogP) is 3.00. The number of nitrogens with two attached hydrogens (primary N) is 1. The monoisotopic (exact) mass is 284 g/mol. The van der Waals surface area contributed by atoms with Crippen LogP contribution in [0.3, 0.4) is 0 Å². The summed E-state index contributed by atoms with van der Waals surface area (Å²) in [5, 5.41) is 0. The second-order valence-electron chi connectivity index (χ2n) is 4.99. The maximum absolute atomic E-state index is 5.77. The van der Waals surface area contributed by atoms with E-state index in [9.17, 15) is 0 Å². The van der Waals surface area contributed by atoms with E-state index in [1.54, 1.807) is 0 Å². The summed E-state index contributed by atoms with van der Waals surface area (Å²) in [6, 6.07) is 18.6. The highest BCUT2D eigenvalue weighted by molar-refractivity contribution is 7.80. The molecule has 20 heavy (non-hydrogen) atoms. The Balaban J connectivity index is 1.95. The molecule has 0 radical (unpaired) electrons. The van der Waals surface area contributed by atoms with Crippen molar-refractivity contribution in [3.05, 3.63) is 71.3 Å². The fourth-order valence-corrected chi connectivity index (χ4v) is 2.43. The molecule has 3 heteroatoms. The van der Waals surface area contributed by atoms with Gasteiger partial charge in [-0.25, -0.2) is 0 Å². The minimum atomic E-state index is 0.469. The Hall–Kier alpha value is -1.71. The van der Waals surface area contributed by atoms with Crippen LogP contribution in [0.15, 0.2) is 54.6 Å². The van der Waals surface area contributed by atoms with Gasteiger partial charge in [0.25, 0.3) is 0 Å². The van der Waals surface area contributed by atoms with Crippen LogP contribution in [0.2, 0.25) is 0 Å². The highest BCUT2D eigenvalue weighted by Crippen LogP contribution is 2.11. The molecule has 2 aromatic carbocycles. The average molecular weight is 284 g/mol. The van der Waals surface area contributed by atoms with E-state index >= 15 is 0 Å². The highest BCUT2D eigenvalue weighted by atomic mass is 32.1. The zero-order valence-electron chi connectivity index (χ0n) is 11.8. The molecule has 104 valence electrons. The Kier molecular flexibility index (Phi) is 5.27. The number of likely N-dealkylation sites (N-methyl/N-ethyl adjacent to an activating group) is 1. The quantitative estimate of drug-likeness (QED) is 0.827. The number of hydrogen-bond donors (Lipinski definition) is 1. The largest absolute Gasteiger partial charge is 0.389 e. The number of rotatable bonds is 6. The molecule has 0 atom stereocenters. The Bertz CT molecular complexity index is 566. The molecule has 0 heterocycles. The molecule has 0 spiro atoms. The fourth-order valence-electron chi connectivity index (χ4n) is 2.23. The first-order valence-corrected chi connectivity index (χ1v) is 7.18. The van der Waals surface area contributed by atoms with Crippen molar-refractivity contribution in [3.63, 3.8) is 0 Å². The van der Waals surface area contributed by atoms with E-state index in [4.69, 9.17) is 18.0 Å². The lowest BCUT2D eigenvalue weighted by Gasteiger charge is -2.18. The van der Waals surface area contributed by atoms with E-state index < -0.39 is 0 Å². The van der Waals surface area contributed by atoms with Crippen molar-refractivity contribution in [1.29, 1.82) is 0 Å². The molecule has 0 amide bonds. The van der Waals surface area contributed by atoms with Gasteiger partial charge in [0.2, 0.25) is 0 Å². The van der Waals surface area contributed by atoms with Gasteiger partial charge in [-0.05, 0) is 24.6 Å². The number of thiocarbonyl (C=S) groups is 1. The summed E-state index contributed by atoms with van der Waals surface area (Å²) in [6.45, 7) is 1.87. The van der Waals surface area contributed by atoms with Crippen LogP contribution in [0.4, 0.5) is 0 Å². The molecule has 2 nitrogen and oxygen atoms in total. The van der Waals surface area contributed by atoms with Crippen LogP contribution in [0.25, 0.3) is 0 Å². The SMILES string of the molecule is CN(CCc1ccccc1)Cc1ccccc1C(N)=S. The van der Waals surface area contributed by atoms with Gasteiger partial charge in [0, 0.05) is 18.7 Å². The van der Waals surface area contributed by atoms with Crippen LogP contribution in [0, 0.1) is 0 Å². The highest BCUT2D eigenvalue weighted by Gasteiger charge is 2.07. The summed E-state index contributed by atoms with van der Waals surface area (Å²) < 4.78 is 0. The molecule has 0 aromatic heterocycles. The van der Waals surface area contributed by atoms with Crippen LogP contribution in [-0.2, 0) is 13.0 Å². The lowest BCUT2D eigenvalue weighted by Crippen LogP contribution is -2.23. The molecular weight excluding hydrogens is 264 g/mol.